The van der Waals surface area contributed by atoms with E-state index in [1.54, 1.807) is 6.07 Å². The van der Waals surface area contributed by atoms with Crippen molar-refractivity contribution in [2.45, 2.75) is 32.1 Å². The Morgan fingerprint density at radius 3 is 2.93 bits per heavy atom. The number of carbonyl (C=O) groups is 2. The third kappa shape index (κ3) is 4.38. The van der Waals surface area contributed by atoms with Crippen LogP contribution >= 0.6 is 22.9 Å². The molecule has 2 atom stereocenters. The van der Waals surface area contributed by atoms with Crippen LogP contribution in [-0.4, -0.2) is 27.6 Å². The van der Waals surface area contributed by atoms with Gasteiger partial charge in [0.1, 0.15) is 17.3 Å². The molecule has 2 amide bonds. The molecule has 2 unspecified atom stereocenters. The summed E-state index contributed by atoms with van der Waals surface area (Å²) >= 11 is 7.55. The standard InChI is InChI=1S/C20H19ClFN5O2S/c1-11-8-18(28)25-20(23-11)27-17(10-15(26-27)16-6-3-7-30-16)24-19(29)9-12-13(21)4-2-5-14(12)22/h2-7,10-11,20,23H,8-9H2,1H3,(H,24,29)(H,25,28). The van der Waals surface area contributed by atoms with Crippen molar-refractivity contribution >= 4 is 40.6 Å². The molecule has 1 aliphatic heterocycles. The van der Waals surface area contributed by atoms with Gasteiger partial charge in [0.2, 0.25) is 11.8 Å². The normalized spacial score (nSPS) is 18.8. The van der Waals surface area contributed by atoms with Crippen molar-refractivity contribution in [3.63, 3.8) is 0 Å². The first-order chi connectivity index (χ1) is 14.4. The molecule has 2 aromatic heterocycles. The minimum Gasteiger partial charge on any atom is -0.322 e. The quantitative estimate of drug-likeness (QED) is 0.558. The van der Waals surface area contributed by atoms with Gasteiger partial charge in [0.15, 0.2) is 6.29 Å². The number of rotatable bonds is 5. The van der Waals surface area contributed by atoms with Gasteiger partial charge in [0.25, 0.3) is 0 Å². The average Bonchev–Trinajstić information content (AvgIpc) is 3.34. The highest BCUT2D eigenvalue weighted by Crippen LogP contribution is 2.28. The number of carbonyl (C=O) groups excluding carboxylic acids is 2. The van der Waals surface area contributed by atoms with Crippen LogP contribution in [0.5, 0.6) is 0 Å². The summed E-state index contributed by atoms with van der Waals surface area (Å²) in [4.78, 5) is 25.6. The fourth-order valence-electron chi connectivity index (χ4n) is 3.27. The molecule has 156 valence electrons. The summed E-state index contributed by atoms with van der Waals surface area (Å²) in [5.41, 5.74) is 0.775. The van der Waals surface area contributed by atoms with Crippen LogP contribution < -0.4 is 16.0 Å². The van der Waals surface area contributed by atoms with Crippen LogP contribution in [0.1, 0.15) is 25.2 Å². The minimum atomic E-state index is -0.623. The number of anilines is 1. The van der Waals surface area contributed by atoms with Crippen molar-refractivity contribution in [1.82, 2.24) is 20.4 Å². The SMILES string of the molecule is CC1CC(=O)NC(n2nc(-c3cccs3)cc2NC(=O)Cc2c(F)cccc2Cl)N1. The summed E-state index contributed by atoms with van der Waals surface area (Å²) in [5, 5.41) is 15.5. The molecule has 1 saturated heterocycles. The number of aromatic nitrogens is 2. The molecule has 1 fully saturated rings. The lowest BCUT2D eigenvalue weighted by Crippen LogP contribution is -2.52. The molecule has 3 N–H and O–H groups in total. The third-order valence-electron chi connectivity index (χ3n) is 4.65. The maximum atomic E-state index is 14.1. The van der Waals surface area contributed by atoms with Crippen LogP contribution in [0.25, 0.3) is 10.6 Å². The van der Waals surface area contributed by atoms with E-state index in [-0.39, 0.29) is 29.0 Å². The molecule has 0 saturated carbocycles. The van der Waals surface area contributed by atoms with Crippen molar-refractivity contribution in [2.24, 2.45) is 0 Å². The number of hydrogen-bond acceptors (Lipinski definition) is 5. The van der Waals surface area contributed by atoms with E-state index in [0.29, 0.717) is 17.9 Å². The zero-order valence-corrected chi connectivity index (χ0v) is 17.6. The zero-order chi connectivity index (χ0) is 21.3. The fourth-order valence-corrected chi connectivity index (χ4v) is 4.18. The van der Waals surface area contributed by atoms with Crippen LogP contribution in [0.4, 0.5) is 10.2 Å². The van der Waals surface area contributed by atoms with Gasteiger partial charge in [-0.1, -0.05) is 23.7 Å². The van der Waals surface area contributed by atoms with E-state index in [2.05, 4.69) is 21.0 Å². The Morgan fingerprint density at radius 2 is 2.23 bits per heavy atom. The molecule has 3 aromatic rings. The van der Waals surface area contributed by atoms with Crippen LogP contribution in [0.15, 0.2) is 41.8 Å². The van der Waals surface area contributed by atoms with Gasteiger partial charge >= 0.3 is 0 Å². The van der Waals surface area contributed by atoms with Crippen LogP contribution in [0.2, 0.25) is 5.02 Å². The molecule has 0 bridgehead atoms. The molecule has 10 heteroatoms. The topological polar surface area (TPSA) is 88.1 Å². The summed E-state index contributed by atoms with van der Waals surface area (Å²) in [5.74, 6) is -0.728. The third-order valence-corrected chi connectivity index (χ3v) is 5.90. The maximum absolute atomic E-state index is 14.1. The van der Waals surface area contributed by atoms with E-state index in [1.807, 2.05) is 24.4 Å². The maximum Gasteiger partial charge on any atom is 0.230 e. The summed E-state index contributed by atoms with van der Waals surface area (Å²) < 4.78 is 15.6. The smallest absolute Gasteiger partial charge is 0.230 e. The summed E-state index contributed by atoms with van der Waals surface area (Å²) in [6.45, 7) is 1.90. The molecule has 0 radical (unpaired) electrons. The molecule has 0 spiro atoms. The van der Waals surface area contributed by atoms with Crippen molar-refractivity contribution in [1.29, 1.82) is 0 Å². The minimum absolute atomic E-state index is 0.0566. The number of hydrogen-bond donors (Lipinski definition) is 3. The molecule has 4 rings (SSSR count). The number of thiophene rings is 1. The van der Waals surface area contributed by atoms with Crippen molar-refractivity contribution in [3.05, 3.63) is 58.2 Å². The number of nitrogens with one attached hydrogen (secondary N) is 3. The Morgan fingerprint density at radius 1 is 1.40 bits per heavy atom. The predicted molar refractivity (Wildman–Crippen MR) is 114 cm³/mol. The number of amides is 2. The Kier molecular flexibility index (Phi) is 5.85. The van der Waals surface area contributed by atoms with Gasteiger partial charge < -0.3 is 10.6 Å². The van der Waals surface area contributed by atoms with E-state index in [9.17, 15) is 14.0 Å². The van der Waals surface area contributed by atoms with Crippen molar-refractivity contribution < 1.29 is 14.0 Å². The van der Waals surface area contributed by atoms with Crippen LogP contribution in [0.3, 0.4) is 0 Å². The van der Waals surface area contributed by atoms with Gasteiger partial charge in [-0.3, -0.25) is 14.9 Å². The molecule has 7 nitrogen and oxygen atoms in total. The van der Waals surface area contributed by atoms with E-state index in [0.717, 1.165) is 4.88 Å². The first-order valence-electron chi connectivity index (χ1n) is 9.32. The second-order valence-electron chi connectivity index (χ2n) is 7.00. The van der Waals surface area contributed by atoms with Gasteiger partial charge in [0.05, 0.1) is 11.3 Å². The Hall–Kier alpha value is -2.75. The van der Waals surface area contributed by atoms with Gasteiger partial charge in [0, 0.05) is 29.1 Å². The largest absolute Gasteiger partial charge is 0.322 e. The molecule has 1 aliphatic rings. The zero-order valence-electron chi connectivity index (χ0n) is 16.0. The first kappa shape index (κ1) is 20.5. The highest BCUT2D eigenvalue weighted by Gasteiger charge is 2.27. The highest BCUT2D eigenvalue weighted by molar-refractivity contribution is 7.13. The molecular weight excluding hydrogens is 429 g/mol. The van der Waals surface area contributed by atoms with E-state index in [1.165, 1.54) is 34.2 Å². The molecule has 1 aromatic carbocycles. The lowest BCUT2D eigenvalue weighted by atomic mass is 10.1. The number of halogens is 2. The van der Waals surface area contributed by atoms with Gasteiger partial charge in [-0.05, 0) is 30.5 Å². The Balaban J connectivity index is 1.62. The summed E-state index contributed by atoms with van der Waals surface area (Å²) in [7, 11) is 0. The number of nitrogens with zero attached hydrogens (tertiary/aromatic N) is 2. The van der Waals surface area contributed by atoms with Gasteiger partial charge in [-0.25, -0.2) is 9.07 Å². The van der Waals surface area contributed by atoms with E-state index >= 15 is 0 Å². The Bertz CT molecular complexity index is 1060. The molecular formula is C20H19ClFN5O2S. The second kappa shape index (κ2) is 8.55. The lowest BCUT2D eigenvalue weighted by Gasteiger charge is -2.30. The first-order valence-corrected chi connectivity index (χ1v) is 10.6. The molecule has 30 heavy (non-hydrogen) atoms. The highest BCUT2D eigenvalue weighted by atomic mass is 35.5. The molecule has 3 heterocycles. The average molecular weight is 448 g/mol. The lowest BCUT2D eigenvalue weighted by molar-refractivity contribution is -0.125. The molecule has 0 aliphatic carbocycles. The van der Waals surface area contributed by atoms with E-state index in [4.69, 9.17) is 11.6 Å². The predicted octanol–water partition coefficient (Wildman–Crippen LogP) is 3.54. The fraction of sp³-hybridized carbons (Fsp3) is 0.250. The van der Waals surface area contributed by atoms with Crippen molar-refractivity contribution in [3.8, 4) is 10.6 Å². The van der Waals surface area contributed by atoms with Gasteiger partial charge in [-0.2, -0.15) is 5.10 Å². The second-order valence-corrected chi connectivity index (χ2v) is 8.36. The van der Waals surface area contributed by atoms with Crippen LogP contribution in [-0.2, 0) is 16.0 Å². The summed E-state index contributed by atoms with van der Waals surface area (Å²) in [6, 6.07) is 9.77. The summed E-state index contributed by atoms with van der Waals surface area (Å²) in [6.07, 6.45) is -0.503. The number of benzene rings is 1. The monoisotopic (exact) mass is 447 g/mol. The van der Waals surface area contributed by atoms with Crippen LogP contribution in [0, 0.1) is 5.82 Å². The van der Waals surface area contributed by atoms with Crippen molar-refractivity contribution in [2.75, 3.05) is 5.32 Å². The Labute approximate surface area is 181 Å². The van der Waals surface area contributed by atoms with E-state index < -0.39 is 18.0 Å². The van der Waals surface area contributed by atoms with Gasteiger partial charge in [-0.15, -0.1) is 11.3 Å².